The van der Waals surface area contributed by atoms with Gasteiger partial charge in [0.25, 0.3) is 22.9 Å². The van der Waals surface area contributed by atoms with Crippen molar-refractivity contribution < 1.29 is 19.1 Å². The third kappa shape index (κ3) is 12.6. The molecule has 4 aromatic heterocycles. The van der Waals surface area contributed by atoms with Crippen LogP contribution in [0.15, 0.2) is 32.5 Å². The van der Waals surface area contributed by atoms with Crippen LogP contribution in [0.1, 0.15) is 160 Å². The Morgan fingerprint density at radius 1 is 0.714 bits per heavy atom. The highest BCUT2D eigenvalue weighted by atomic mass is 32.1. The van der Waals surface area contributed by atoms with Crippen molar-refractivity contribution in [1.29, 1.82) is 0 Å². The SMILES string of the molecule is CCC(c1scc(C(=O)NCc2c(C)cc(C)[nH]c2=O)c1C)C1CCN(C(=O)OC(C)(C)C)CC1.CCC(c1scc(C(=O)NCc2c(C)cc(C)[nH]c2=O)c1C)C1CCNCC1. The van der Waals surface area contributed by atoms with Gasteiger partial charge in [0.1, 0.15) is 5.60 Å². The van der Waals surface area contributed by atoms with Crippen LogP contribution < -0.4 is 27.1 Å². The number of hydrogen-bond acceptors (Lipinski definition) is 9. The number of likely N-dealkylation sites (tertiary alicyclic amines) is 1. The molecule has 0 aromatic carbocycles. The minimum atomic E-state index is -0.489. The second-order valence-corrected chi connectivity index (χ2v) is 20.3. The molecular weight excluding hydrogens is 833 g/mol. The monoisotopic (exact) mass is 902 g/mol. The topological polar surface area (TPSA) is 165 Å². The summed E-state index contributed by atoms with van der Waals surface area (Å²) < 4.78 is 5.53. The lowest BCUT2D eigenvalue weighted by atomic mass is 9.80. The molecule has 12 nitrogen and oxygen atoms in total. The molecule has 6 heterocycles. The number of piperidine rings is 2. The lowest BCUT2D eigenvalue weighted by Gasteiger charge is -2.36. The van der Waals surface area contributed by atoms with Gasteiger partial charge in [0.2, 0.25) is 0 Å². The lowest BCUT2D eigenvalue weighted by molar-refractivity contribution is 0.0173. The Hall–Kier alpha value is -4.53. The number of carbonyl (C=O) groups excluding carboxylic acids is 3. The molecule has 5 N–H and O–H groups in total. The molecule has 2 atom stereocenters. The molecule has 0 aliphatic carbocycles. The van der Waals surface area contributed by atoms with Crippen LogP contribution in [0.5, 0.6) is 0 Å². The van der Waals surface area contributed by atoms with Gasteiger partial charge in [-0.25, -0.2) is 4.79 Å². The van der Waals surface area contributed by atoms with Crippen LogP contribution >= 0.6 is 22.7 Å². The molecule has 0 spiro atoms. The summed E-state index contributed by atoms with van der Waals surface area (Å²) in [6, 6.07) is 3.85. The van der Waals surface area contributed by atoms with Gasteiger partial charge in [-0.1, -0.05) is 13.8 Å². The van der Waals surface area contributed by atoms with Crippen LogP contribution in [-0.2, 0) is 17.8 Å². The third-order valence-corrected chi connectivity index (χ3v) is 15.2. The molecule has 4 aromatic rings. The van der Waals surface area contributed by atoms with Crippen molar-refractivity contribution in [3.8, 4) is 0 Å². The quantitative estimate of drug-likeness (QED) is 0.0946. The second kappa shape index (κ2) is 21.9. The molecule has 2 unspecified atom stereocenters. The summed E-state index contributed by atoms with van der Waals surface area (Å²) in [6.07, 6.45) is 6.10. The maximum Gasteiger partial charge on any atom is 0.410 e. The maximum absolute atomic E-state index is 13.0. The van der Waals surface area contributed by atoms with Crippen molar-refractivity contribution in [2.45, 2.75) is 145 Å². The summed E-state index contributed by atoms with van der Waals surface area (Å²) in [4.78, 5) is 72.7. The summed E-state index contributed by atoms with van der Waals surface area (Å²) >= 11 is 3.35. The molecule has 2 saturated heterocycles. The molecule has 0 saturated carbocycles. The van der Waals surface area contributed by atoms with E-state index in [1.54, 1.807) is 22.7 Å². The van der Waals surface area contributed by atoms with Gasteiger partial charge < -0.3 is 35.6 Å². The molecule has 63 heavy (non-hydrogen) atoms. The molecule has 0 radical (unpaired) electrons. The van der Waals surface area contributed by atoms with E-state index in [4.69, 9.17) is 4.74 Å². The first-order chi connectivity index (χ1) is 29.8. The summed E-state index contributed by atoms with van der Waals surface area (Å²) in [5.41, 5.74) is 7.38. The number of ether oxygens (including phenoxy) is 1. The van der Waals surface area contributed by atoms with Crippen LogP contribution in [-0.4, -0.2) is 64.6 Å². The number of aromatic amines is 2. The van der Waals surface area contributed by atoms with Crippen LogP contribution in [0.2, 0.25) is 0 Å². The number of aryl methyl sites for hydroxylation is 4. The smallest absolute Gasteiger partial charge is 0.410 e. The zero-order valence-corrected chi connectivity index (χ0v) is 41.0. The first-order valence-corrected chi connectivity index (χ1v) is 24.4. The largest absolute Gasteiger partial charge is 0.444 e. The minimum Gasteiger partial charge on any atom is -0.444 e. The number of thiophene rings is 2. The summed E-state index contributed by atoms with van der Waals surface area (Å²) in [7, 11) is 0. The number of H-pyrrole nitrogens is 2. The van der Waals surface area contributed by atoms with E-state index in [-0.39, 0.29) is 42.1 Å². The van der Waals surface area contributed by atoms with Gasteiger partial charge in [-0.2, -0.15) is 0 Å². The summed E-state index contributed by atoms with van der Waals surface area (Å²) in [5, 5.41) is 13.2. The summed E-state index contributed by atoms with van der Waals surface area (Å²) in [6.45, 7) is 25.7. The number of nitrogens with zero attached hydrogens (tertiary/aromatic N) is 1. The Morgan fingerprint density at radius 3 is 1.51 bits per heavy atom. The van der Waals surface area contributed by atoms with Crippen LogP contribution in [0.25, 0.3) is 0 Å². The average Bonchev–Trinajstić information content (AvgIpc) is 3.79. The summed E-state index contributed by atoms with van der Waals surface area (Å²) in [5.74, 6) is 1.77. The number of amides is 3. The highest BCUT2D eigenvalue weighted by molar-refractivity contribution is 7.10. The number of aromatic nitrogens is 2. The Balaban J connectivity index is 0.000000243. The van der Waals surface area contributed by atoms with Gasteiger partial charge in [-0.15, -0.1) is 22.7 Å². The molecule has 2 fully saturated rings. The van der Waals surface area contributed by atoms with Gasteiger partial charge in [0, 0.05) is 69.2 Å². The van der Waals surface area contributed by atoms with E-state index in [0.29, 0.717) is 53.5 Å². The van der Waals surface area contributed by atoms with Crippen molar-refractivity contribution >= 4 is 40.6 Å². The van der Waals surface area contributed by atoms with E-state index >= 15 is 0 Å². The molecule has 3 amide bonds. The Morgan fingerprint density at radius 2 is 1.13 bits per heavy atom. The molecular formula is C49H70N6O6S2. The van der Waals surface area contributed by atoms with Crippen LogP contribution in [0.3, 0.4) is 0 Å². The Kier molecular flexibility index (Phi) is 17.2. The van der Waals surface area contributed by atoms with Gasteiger partial charge in [0.05, 0.1) is 11.1 Å². The first kappa shape index (κ1) is 49.5. The van der Waals surface area contributed by atoms with Crippen molar-refractivity contribution in [3.63, 3.8) is 0 Å². The molecule has 344 valence electrons. The number of carbonyl (C=O) groups is 3. The van der Waals surface area contributed by atoms with E-state index < -0.39 is 5.60 Å². The maximum atomic E-state index is 13.0. The zero-order chi connectivity index (χ0) is 46.2. The fourth-order valence-electron chi connectivity index (χ4n) is 9.30. The number of pyridine rings is 2. The molecule has 6 rings (SSSR count). The van der Waals surface area contributed by atoms with Gasteiger partial charge >= 0.3 is 6.09 Å². The Labute approximate surface area is 381 Å². The standard InChI is InChI=1S/C27H39N3O4S.C22H31N3O2S/c1-8-20(19-9-11-30(12-10-19)26(33)34-27(5,6)7)23-18(4)22(15-35-23)24(31)28-14-21-16(2)13-17(3)29-25(21)32;1-5-17(16-6-8-23-9-7-16)20-15(4)19(12-28-20)21(26)24-11-18-13(2)10-14(3)25-22(18)27/h13,15,19-20H,8-12,14H2,1-7H3,(H,28,31)(H,29,32);10,12,16-17,23H,5-9,11H2,1-4H3,(H,24,26)(H,25,27). The number of rotatable bonds is 12. The third-order valence-electron chi connectivity index (χ3n) is 12.7. The van der Waals surface area contributed by atoms with Gasteiger partial charge in [-0.05, 0) is 172 Å². The average molecular weight is 903 g/mol. The van der Waals surface area contributed by atoms with Crippen LogP contribution in [0, 0.1) is 53.4 Å². The predicted octanol–water partition coefficient (Wildman–Crippen LogP) is 9.22. The van der Waals surface area contributed by atoms with E-state index in [0.717, 1.165) is 78.0 Å². The lowest BCUT2D eigenvalue weighted by Crippen LogP contribution is -2.42. The fraction of sp³-hybridized carbons (Fsp3) is 0.571. The van der Waals surface area contributed by atoms with Crippen molar-refractivity contribution in [2.24, 2.45) is 11.8 Å². The predicted molar refractivity (Wildman–Crippen MR) is 256 cm³/mol. The Bertz CT molecular complexity index is 2340. The molecule has 2 aliphatic heterocycles. The first-order valence-electron chi connectivity index (χ1n) is 22.6. The van der Waals surface area contributed by atoms with Crippen molar-refractivity contribution in [3.05, 3.63) is 109 Å². The van der Waals surface area contributed by atoms with Crippen molar-refractivity contribution in [2.75, 3.05) is 26.2 Å². The van der Waals surface area contributed by atoms with Gasteiger partial charge in [-0.3, -0.25) is 19.2 Å². The highest BCUT2D eigenvalue weighted by Gasteiger charge is 2.33. The molecule has 2 aliphatic rings. The van der Waals surface area contributed by atoms with Gasteiger partial charge in [0.15, 0.2) is 0 Å². The van der Waals surface area contributed by atoms with E-state index in [9.17, 15) is 24.0 Å². The van der Waals surface area contributed by atoms with E-state index in [1.165, 1.54) is 22.6 Å². The second-order valence-electron chi connectivity index (χ2n) is 18.5. The van der Waals surface area contributed by atoms with E-state index in [2.05, 4.69) is 46.7 Å². The molecule has 0 bridgehead atoms. The zero-order valence-electron chi connectivity index (χ0n) is 39.3. The fourth-order valence-corrected chi connectivity index (χ4v) is 12.0. The van der Waals surface area contributed by atoms with Crippen molar-refractivity contribution in [1.82, 2.24) is 30.8 Å². The number of nitrogens with one attached hydrogen (secondary N) is 5. The normalized spacial score (nSPS) is 15.9. The highest BCUT2D eigenvalue weighted by Crippen LogP contribution is 2.41. The van der Waals surface area contributed by atoms with E-state index in [1.807, 2.05) is 83.2 Å². The minimum absolute atomic E-state index is 0.0976. The molecule has 14 heteroatoms. The van der Waals surface area contributed by atoms with Crippen LogP contribution in [0.4, 0.5) is 4.79 Å². The number of hydrogen-bond donors (Lipinski definition) is 5.